The Morgan fingerprint density at radius 2 is 2.05 bits per heavy atom. The second kappa shape index (κ2) is 6.42. The molecule has 0 radical (unpaired) electrons. The van der Waals surface area contributed by atoms with Crippen molar-refractivity contribution in [3.8, 4) is 0 Å². The quantitative estimate of drug-likeness (QED) is 0.888. The molecule has 1 atom stereocenters. The number of hydrogen-bond acceptors (Lipinski definition) is 2. The summed E-state index contributed by atoms with van der Waals surface area (Å²) in [5.41, 5.74) is 2.15. The lowest BCUT2D eigenvalue weighted by molar-refractivity contribution is -0.122. The number of carbonyl (C=O) groups excluding carboxylic acids is 1. The number of halogens is 1. The number of rotatable bonds is 4. The molecule has 1 unspecified atom stereocenters. The Balaban J connectivity index is 1.92. The maximum absolute atomic E-state index is 12.1. The van der Waals surface area contributed by atoms with Gasteiger partial charge in [0.25, 0.3) is 0 Å². The standard InChI is InChI=1S/C15H21BrN2O/c1-10-7-8-14(13(16)9-10)17-11(2)15(19)18-12-5-3-4-6-12/h7-9,11-12,17H,3-6H2,1-2H3,(H,18,19). The third-order valence-electron chi connectivity index (χ3n) is 3.59. The van der Waals surface area contributed by atoms with E-state index < -0.39 is 0 Å². The van der Waals surface area contributed by atoms with E-state index in [4.69, 9.17) is 0 Å². The minimum Gasteiger partial charge on any atom is -0.373 e. The summed E-state index contributed by atoms with van der Waals surface area (Å²) in [7, 11) is 0. The molecule has 2 N–H and O–H groups in total. The van der Waals surface area contributed by atoms with Crippen LogP contribution in [0.4, 0.5) is 5.69 Å². The second-order valence-electron chi connectivity index (χ2n) is 5.34. The van der Waals surface area contributed by atoms with Crippen LogP contribution in [0, 0.1) is 6.92 Å². The molecule has 0 bridgehead atoms. The summed E-state index contributed by atoms with van der Waals surface area (Å²) in [6.07, 6.45) is 4.70. The summed E-state index contributed by atoms with van der Waals surface area (Å²) in [5, 5.41) is 6.37. The Morgan fingerprint density at radius 1 is 1.37 bits per heavy atom. The third-order valence-corrected chi connectivity index (χ3v) is 4.25. The molecule has 4 heteroatoms. The monoisotopic (exact) mass is 324 g/mol. The Morgan fingerprint density at radius 3 is 2.68 bits per heavy atom. The lowest BCUT2D eigenvalue weighted by atomic mass is 10.2. The van der Waals surface area contributed by atoms with Crippen LogP contribution in [0.5, 0.6) is 0 Å². The highest BCUT2D eigenvalue weighted by atomic mass is 79.9. The largest absolute Gasteiger partial charge is 0.373 e. The fourth-order valence-corrected chi connectivity index (χ4v) is 3.04. The molecule has 1 aromatic carbocycles. The first-order chi connectivity index (χ1) is 9.06. The van der Waals surface area contributed by atoms with Gasteiger partial charge in [0.05, 0.1) is 0 Å². The summed E-state index contributed by atoms with van der Waals surface area (Å²) in [5.74, 6) is 0.0828. The van der Waals surface area contributed by atoms with Crippen molar-refractivity contribution in [2.45, 2.75) is 51.6 Å². The number of benzene rings is 1. The van der Waals surface area contributed by atoms with Gasteiger partial charge in [0.15, 0.2) is 0 Å². The van der Waals surface area contributed by atoms with Crippen molar-refractivity contribution in [1.29, 1.82) is 0 Å². The maximum atomic E-state index is 12.1. The van der Waals surface area contributed by atoms with Crippen molar-refractivity contribution in [2.75, 3.05) is 5.32 Å². The summed E-state index contributed by atoms with van der Waals surface area (Å²) in [6, 6.07) is 6.23. The van der Waals surface area contributed by atoms with Crippen molar-refractivity contribution in [2.24, 2.45) is 0 Å². The molecule has 0 saturated heterocycles. The molecule has 19 heavy (non-hydrogen) atoms. The van der Waals surface area contributed by atoms with Crippen LogP contribution < -0.4 is 10.6 Å². The highest BCUT2D eigenvalue weighted by Crippen LogP contribution is 2.24. The average Bonchev–Trinajstić information content (AvgIpc) is 2.85. The number of hydrogen-bond donors (Lipinski definition) is 2. The average molecular weight is 325 g/mol. The van der Waals surface area contributed by atoms with E-state index in [-0.39, 0.29) is 11.9 Å². The fourth-order valence-electron chi connectivity index (χ4n) is 2.43. The van der Waals surface area contributed by atoms with Crippen molar-refractivity contribution in [1.82, 2.24) is 5.32 Å². The van der Waals surface area contributed by atoms with E-state index in [1.165, 1.54) is 18.4 Å². The molecule has 0 aliphatic heterocycles. The van der Waals surface area contributed by atoms with E-state index in [9.17, 15) is 4.79 Å². The molecule has 1 aromatic rings. The van der Waals surface area contributed by atoms with Gasteiger partial charge in [-0.3, -0.25) is 4.79 Å². The Hall–Kier alpha value is -1.03. The van der Waals surface area contributed by atoms with Gasteiger partial charge in [0.1, 0.15) is 6.04 Å². The van der Waals surface area contributed by atoms with Crippen molar-refractivity contribution in [3.05, 3.63) is 28.2 Å². The molecule has 1 aliphatic rings. The molecule has 3 nitrogen and oxygen atoms in total. The highest BCUT2D eigenvalue weighted by molar-refractivity contribution is 9.10. The minimum atomic E-state index is -0.223. The molecule has 2 rings (SSSR count). The molecule has 1 amide bonds. The molecule has 104 valence electrons. The Labute approximate surface area is 123 Å². The zero-order chi connectivity index (χ0) is 13.8. The lowest BCUT2D eigenvalue weighted by Gasteiger charge is -2.19. The Bertz CT molecular complexity index is 455. The molecular weight excluding hydrogens is 304 g/mol. The summed E-state index contributed by atoms with van der Waals surface area (Å²) < 4.78 is 0.994. The summed E-state index contributed by atoms with van der Waals surface area (Å²) >= 11 is 3.52. The van der Waals surface area contributed by atoms with Gasteiger partial charge in [-0.2, -0.15) is 0 Å². The lowest BCUT2D eigenvalue weighted by Crippen LogP contribution is -2.42. The van der Waals surface area contributed by atoms with Crippen molar-refractivity contribution >= 4 is 27.5 Å². The number of carbonyl (C=O) groups is 1. The number of aryl methyl sites for hydroxylation is 1. The van der Waals surface area contributed by atoms with Gasteiger partial charge in [-0.1, -0.05) is 18.9 Å². The van der Waals surface area contributed by atoms with Crippen LogP contribution in [-0.2, 0) is 4.79 Å². The first-order valence-corrected chi connectivity index (χ1v) is 7.68. The second-order valence-corrected chi connectivity index (χ2v) is 6.19. The summed E-state index contributed by atoms with van der Waals surface area (Å²) in [4.78, 5) is 12.1. The predicted octanol–water partition coefficient (Wildman–Crippen LogP) is 3.62. The van der Waals surface area contributed by atoms with Crippen molar-refractivity contribution < 1.29 is 4.79 Å². The van der Waals surface area contributed by atoms with Gasteiger partial charge in [0, 0.05) is 16.2 Å². The fraction of sp³-hybridized carbons (Fsp3) is 0.533. The van der Waals surface area contributed by atoms with E-state index in [0.29, 0.717) is 6.04 Å². The molecule has 0 spiro atoms. The normalized spacial score (nSPS) is 17.2. The van der Waals surface area contributed by atoms with Gasteiger partial charge in [-0.25, -0.2) is 0 Å². The van der Waals surface area contributed by atoms with Crippen LogP contribution in [-0.4, -0.2) is 18.0 Å². The molecular formula is C15H21BrN2O. The first-order valence-electron chi connectivity index (χ1n) is 6.89. The van der Waals surface area contributed by atoms with E-state index in [1.807, 2.05) is 32.0 Å². The van der Waals surface area contributed by atoms with Crippen LogP contribution in [0.15, 0.2) is 22.7 Å². The molecule has 1 fully saturated rings. The maximum Gasteiger partial charge on any atom is 0.242 e. The SMILES string of the molecule is Cc1ccc(NC(C)C(=O)NC2CCCC2)c(Br)c1. The van der Waals surface area contributed by atoms with Crippen molar-refractivity contribution in [3.63, 3.8) is 0 Å². The van der Waals surface area contributed by atoms with Gasteiger partial charge in [0.2, 0.25) is 5.91 Å². The number of nitrogens with one attached hydrogen (secondary N) is 2. The van der Waals surface area contributed by atoms with Crippen LogP contribution in [0.25, 0.3) is 0 Å². The van der Waals surface area contributed by atoms with Gasteiger partial charge < -0.3 is 10.6 Å². The zero-order valence-corrected chi connectivity index (χ0v) is 13.1. The first kappa shape index (κ1) is 14.4. The molecule has 1 aliphatic carbocycles. The minimum absolute atomic E-state index is 0.0828. The van der Waals surface area contributed by atoms with Crippen LogP contribution in [0.3, 0.4) is 0 Å². The van der Waals surface area contributed by atoms with E-state index >= 15 is 0 Å². The zero-order valence-electron chi connectivity index (χ0n) is 11.5. The highest BCUT2D eigenvalue weighted by Gasteiger charge is 2.20. The molecule has 0 heterocycles. The van der Waals surface area contributed by atoms with Crippen LogP contribution in [0.2, 0.25) is 0 Å². The van der Waals surface area contributed by atoms with Crippen LogP contribution >= 0.6 is 15.9 Å². The number of amides is 1. The predicted molar refractivity (Wildman–Crippen MR) is 82.4 cm³/mol. The van der Waals surface area contributed by atoms with E-state index in [1.54, 1.807) is 0 Å². The topological polar surface area (TPSA) is 41.1 Å². The number of anilines is 1. The molecule has 1 saturated carbocycles. The van der Waals surface area contributed by atoms with Crippen LogP contribution in [0.1, 0.15) is 38.2 Å². The Kier molecular flexibility index (Phi) is 4.86. The van der Waals surface area contributed by atoms with Gasteiger partial charge in [-0.15, -0.1) is 0 Å². The van der Waals surface area contributed by atoms with Gasteiger partial charge in [-0.05, 0) is 60.3 Å². The smallest absolute Gasteiger partial charge is 0.242 e. The van der Waals surface area contributed by atoms with E-state index in [2.05, 4.69) is 26.6 Å². The van der Waals surface area contributed by atoms with Gasteiger partial charge >= 0.3 is 0 Å². The van der Waals surface area contributed by atoms with E-state index in [0.717, 1.165) is 23.0 Å². The summed E-state index contributed by atoms with van der Waals surface area (Å²) in [6.45, 7) is 3.95. The molecule has 0 aromatic heterocycles. The third kappa shape index (κ3) is 3.96.